The Bertz CT molecular complexity index is 983. The fourth-order valence-corrected chi connectivity index (χ4v) is 3.05. The van der Waals surface area contributed by atoms with E-state index in [1.54, 1.807) is 24.4 Å². The number of halogens is 1. The highest BCUT2D eigenvalue weighted by Gasteiger charge is 2.15. The number of ether oxygens (including phenoxy) is 1. The third kappa shape index (κ3) is 4.50. The second-order valence-corrected chi connectivity index (χ2v) is 6.42. The Morgan fingerprint density at radius 2 is 2.11 bits per heavy atom. The number of carbonyl (C=O) groups excluding carboxylic acids is 2. The van der Waals surface area contributed by atoms with Crippen LogP contribution in [0.1, 0.15) is 21.8 Å². The van der Waals surface area contributed by atoms with Crippen LogP contribution in [0.3, 0.4) is 0 Å². The van der Waals surface area contributed by atoms with Crippen LogP contribution in [0.2, 0.25) is 0 Å². The summed E-state index contributed by atoms with van der Waals surface area (Å²) in [5, 5.41) is 7.30. The summed E-state index contributed by atoms with van der Waals surface area (Å²) in [5.74, 6) is -0.645. The van der Waals surface area contributed by atoms with Crippen LogP contribution in [0.5, 0.6) is 5.75 Å². The first-order chi connectivity index (χ1) is 13.0. The van der Waals surface area contributed by atoms with Crippen LogP contribution >= 0.6 is 11.3 Å². The van der Waals surface area contributed by atoms with Crippen molar-refractivity contribution in [3.63, 3.8) is 0 Å². The highest BCUT2D eigenvalue weighted by molar-refractivity contribution is 7.14. The number of thiazole rings is 1. The number of benzene rings is 1. The zero-order chi connectivity index (χ0) is 19.4. The molecule has 0 unspecified atom stereocenters. The summed E-state index contributed by atoms with van der Waals surface area (Å²) in [6.07, 6.45) is 1.43. The highest BCUT2D eigenvalue weighted by Crippen LogP contribution is 2.21. The predicted octanol–water partition coefficient (Wildman–Crippen LogP) is 3.63. The van der Waals surface area contributed by atoms with Gasteiger partial charge in [-0.05, 0) is 25.1 Å². The molecule has 0 radical (unpaired) electrons. The van der Waals surface area contributed by atoms with Crippen molar-refractivity contribution in [1.82, 2.24) is 4.98 Å². The molecule has 3 rings (SSSR count). The fourth-order valence-electron chi connectivity index (χ4n) is 2.34. The van der Waals surface area contributed by atoms with Crippen molar-refractivity contribution < 1.29 is 23.1 Å². The van der Waals surface area contributed by atoms with Crippen molar-refractivity contribution in [2.24, 2.45) is 0 Å². The maximum Gasteiger partial charge on any atom is 0.260 e. The van der Waals surface area contributed by atoms with E-state index < -0.39 is 5.82 Å². The number of anilines is 2. The number of rotatable bonds is 6. The van der Waals surface area contributed by atoms with Gasteiger partial charge in [0.25, 0.3) is 5.91 Å². The first-order valence-electron chi connectivity index (χ1n) is 7.89. The molecule has 7 nitrogen and oxygen atoms in total. The van der Waals surface area contributed by atoms with E-state index in [0.29, 0.717) is 27.8 Å². The zero-order valence-electron chi connectivity index (χ0n) is 14.5. The minimum Gasteiger partial charge on any atom is -0.494 e. The summed E-state index contributed by atoms with van der Waals surface area (Å²) in [6, 6.07) is 5.72. The van der Waals surface area contributed by atoms with Gasteiger partial charge in [0.2, 0.25) is 5.91 Å². The molecule has 2 N–H and O–H groups in total. The smallest absolute Gasteiger partial charge is 0.260 e. The van der Waals surface area contributed by atoms with E-state index in [0.717, 1.165) is 0 Å². The number of aromatic nitrogens is 1. The van der Waals surface area contributed by atoms with Crippen LogP contribution in [-0.4, -0.2) is 23.9 Å². The average Bonchev–Trinajstić information content (AvgIpc) is 3.23. The molecule has 0 aliphatic rings. The van der Waals surface area contributed by atoms with Crippen molar-refractivity contribution in [1.29, 1.82) is 0 Å². The quantitative estimate of drug-likeness (QED) is 0.672. The lowest BCUT2D eigenvalue weighted by atomic mass is 10.2. The molecule has 2 aromatic heterocycles. The molecule has 0 saturated carbocycles. The van der Waals surface area contributed by atoms with Crippen LogP contribution in [0.15, 0.2) is 40.3 Å². The first kappa shape index (κ1) is 18.6. The molecule has 27 heavy (non-hydrogen) atoms. The van der Waals surface area contributed by atoms with E-state index in [9.17, 15) is 14.0 Å². The third-order valence-corrected chi connectivity index (χ3v) is 4.46. The van der Waals surface area contributed by atoms with Gasteiger partial charge in [0, 0.05) is 17.1 Å². The molecule has 1 aromatic carbocycles. The molecule has 0 fully saturated rings. The molecule has 140 valence electrons. The van der Waals surface area contributed by atoms with E-state index in [4.69, 9.17) is 9.15 Å². The highest BCUT2D eigenvalue weighted by atomic mass is 32.1. The molecule has 3 aromatic rings. The molecule has 0 spiro atoms. The number of amides is 2. The summed E-state index contributed by atoms with van der Waals surface area (Å²) in [6.45, 7) is 1.69. The maximum atomic E-state index is 13.7. The molecule has 2 heterocycles. The summed E-state index contributed by atoms with van der Waals surface area (Å²) >= 11 is 1.21. The Hall–Kier alpha value is -3.20. The van der Waals surface area contributed by atoms with E-state index in [1.807, 2.05) is 0 Å². The van der Waals surface area contributed by atoms with Crippen LogP contribution < -0.4 is 15.4 Å². The first-order valence-corrected chi connectivity index (χ1v) is 8.77. The molecule has 2 amide bonds. The Morgan fingerprint density at radius 3 is 2.78 bits per heavy atom. The normalized spacial score (nSPS) is 10.5. The molecule has 0 atom stereocenters. The lowest BCUT2D eigenvalue weighted by Crippen LogP contribution is -2.15. The average molecular weight is 389 g/mol. The number of furan rings is 1. The second-order valence-electron chi connectivity index (χ2n) is 5.56. The van der Waals surface area contributed by atoms with Crippen molar-refractivity contribution in [3.05, 3.63) is 58.7 Å². The van der Waals surface area contributed by atoms with Gasteiger partial charge in [-0.2, -0.15) is 0 Å². The van der Waals surface area contributed by atoms with Gasteiger partial charge in [-0.15, -0.1) is 11.3 Å². The lowest BCUT2D eigenvalue weighted by molar-refractivity contribution is -0.115. The number of carbonyl (C=O) groups is 2. The van der Waals surface area contributed by atoms with Gasteiger partial charge in [0.15, 0.2) is 16.7 Å². The summed E-state index contributed by atoms with van der Waals surface area (Å²) in [5.41, 5.74) is 1.23. The number of methoxy groups -OCH3 is 1. The molecular formula is C18H16FN3O4S. The Morgan fingerprint density at radius 1 is 1.30 bits per heavy atom. The SMILES string of the molecule is COc1ccc(NC(=O)Cc2csc(NC(=O)c3ccoc3C)n2)cc1F. The number of nitrogens with zero attached hydrogens (tertiary/aromatic N) is 1. The monoisotopic (exact) mass is 389 g/mol. The van der Waals surface area contributed by atoms with Gasteiger partial charge in [-0.1, -0.05) is 0 Å². The van der Waals surface area contributed by atoms with Gasteiger partial charge >= 0.3 is 0 Å². The van der Waals surface area contributed by atoms with E-state index >= 15 is 0 Å². The molecule has 0 bridgehead atoms. The van der Waals surface area contributed by atoms with Crippen molar-refractivity contribution in [3.8, 4) is 5.75 Å². The summed E-state index contributed by atoms with van der Waals surface area (Å²) in [7, 11) is 1.36. The van der Waals surface area contributed by atoms with Gasteiger partial charge in [0.05, 0.1) is 31.1 Å². The summed E-state index contributed by atoms with van der Waals surface area (Å²) < 4.78 is 23.6. The number of hydrogen-bond donors (Lipinski definition) is 2. The zero-order valence-corrected chi connectivity index (χ0v) is 15.4. The van der Waals surface area contributed by atoms with Crippen LogP contribution in [-0.2, 0) is 11.2 Å². The topological polar surface area (TPSA) is 93.5 Å². The maximum absolute atomic E-state index is 13.7. The molecule has 0 aliphatic heterocycles. The van der Waals surface area contributed by atoms with E-state index in [-0.39, 0.29) is 24.0 Å². The second kappa shape index (κ2) is 8.00. The van der Waals surface area contributed by atoms with Crippen LogP contribution in [0.25, 0.3) is 0 Å². The molecule has 9 heteroatoms. The Labute approximate surface area is 158 Å². The van der Waals surface area contributed by atoms with Crippen molar-refractivity contribution in [2.45, 2.75) is 13.3 Å². The van der Waals surface area contributed by atoms with Crippen molar-refractivity contribution in [2.75, 3.05) is 17.7 Å². The van der Waals surface area contributed by atoms with Crippen LogP contribution in [0, 0.1) is 12.7 Å². The predicted molar refractivity (Wildman–Crippen MR) is 98.8 cm³/mol. The van der Waals surface area contributed by atoms with Gasteiger partial charge in [0.1, 0.15) is 5.76 Å². The third-order valence-electron chi connectivity index (χ3n) is 3.65. The van der Waals surface area contributed by atoms with Gasteiger partial charge in [-0.25, -0.2) is 9.37 Å². The van der Waals surface area contributed by atoms with Gasteiger partial charge < -0.3 is 14.5 Å². The van der Waals surface area contributed by atoms with E-state index in [1.165, 1.54) is 36.8 Å². The standard InChI is InChI=1S/C18H16FN3O4S/c1-10-13(5-6-26-10)17(24)22-18-21-12(9-27-18)8-16(23)20-11-3-4-15(25-2)14(19)7-11/h3-7,9H,8H2,1-2H3,(H,20,23)(H,21,22,24). The Kier molecular flexibility index (Phi) is 5.51. The summed E-state index contributed by atoms with van der Waals surface area (Å²) in [4.78, 5) is 28.5. The molecular weight excluding hydrogens is 373 g/mol. The van der Waals surface area contributed by atoms with Gasteiger partial charge in [-0.3, -0.25) is 14.9 Å². The van der Waals surface area contributed by atoms with Crippen molar-refractivity contribution >= 4 is 34.0 Å². The minimum absolute atomic E-state index is 0.00917. The minimum atomic E-state index is -0.566. The largest absolute Gasteiger partial charge is 0.494 e. The van der Waals surface area contributed by atoms with Crippen LogP contribution in [0.4, 0.5) is 15.2 Å². The fraction of sp³-hybridized carbons (Fsp3) is 0.167. The molecule has 0 aliphatic carbocycles. The number of nitrogens with one attached hydrogen (secondary N) is 2. The number of hydrogen-bond acceptors (Lipinski definition) is 6. The van der Waals surface area contributed by atoms with E-state index in [2.05, 4.69) is 15.6 Å². The lowest BCUT2D eigenvalue weighted by Gasteiger charge is -2.06. The molecule has 0 saturated heterocycles. The number of aryl methyl sites for hydroxylation is 1. The Balaban J connectivity index is 1.58.